The molecule has 2 aromatic heterocycles. The van der Waals surface area contributed by atoms with Crippen LogP contribution in [-0.4, -0.2) is 4.98 Å². The lowest BCUT2D eigenvalue weighted by Crippen LogP contribution is -2.16. The van der Waals surface area contributed by atoms with Crippen molar-refractivity contribution in [2.45, 2.75) is 19.3 Å². The zero-order valence-electron chi connectivity index (χ0n) is 18.3. The van der Waals surface area contributed by atoms with Crippen molar-refractivity contribution in [2.24, 2.45) is 0 Å². The van der Waals surface area contributed by atoms with Crippen molar-refractivity contribution in [1.29, 1.82) is 5.26 Å². The average molecular weight is 445 g/mol. The Hall–Kier alpha value is -4.19. The number of hydrogen-bond acceptors (Lipinski definition) is 4. The molecule has 0 spiro atoms. The van der Waals surface area contributed by atoms with Gasteiger partial charge in [-0.25, -0.2) is 10.1 Å². The molecule has 5 heteroatoms. The van der Waals surface area contributed by atoms with Gasteiger partial charge in [0.1, 0.15) is 0 Å². The number of pyridine rings is 1. The molecular weight excluding hydrogens is 424 g/mol. The smallest absolute Gasteiger partial charge is 0.263 e. The number of anilines is 3. The zero-order chi connectivity index (χ0) is 23.0. The standard InChI is InChI=1S/C28H20N4S/c1-28(2)24-15-22(32(20-10-6-4-7-11-20)21-12-8-5-9-13-21)18-31-26(24)27-25(28)16-23(33-27)14-19(17-29)30-3/h4-16,18H,1-2H3/b19-14-. The molecule has 33 heavy (non-hydrogen) atoms. The molecule has 4 aromatic rings. The Kier molecular flexibility index (Phi) is 5.05. The summed E-state index contributed by atoms with van der Waals surface area (Å²) in [7, 11) is 0. The maximum atomic E-state index is 9.12. The third kappa shape index (κ3) is 3.49. The summed E-state index contributed by atoms with van der Waals surface area (Å²) in [6, 6.07) is 26.9. The van der Waals surface area contributed by atoms with Crippen molar-refractivity contribution in [1.82, 2.24) is 4.98 Å². The van der Waals surface area contributed by atoms with Gasteiger partial charge in [0.2, 0.25) is 0 Å². The first kappa shape index (κ1) is 20.7. The van der Waals surface area contributed by atoms with E-state index in [0.717, 1.165) is 32.5 Å². The van der Waals surface area contributed by atoms with E-state index in [9.17, 15) is 0 Å². The van der Waals surface area contributed by atoms with Crippen LogP contribution in [0.3, 0.4) is 0 Å². The summed E-state index contributed by atoms with van der Waals surface area (Å²) in [5.74, 6) is 0. The molecule has 5 rings (SSSR count). The fourth-order valence-corrected chi connectivity index (χ4v) is 5.59. The number of para-hydroxylation sites is 2. The highest BCUT2D eigenvalue weighted by molar-refractivity contribution is 7.16. The summed E-state index contributed by atoms with van der Waals surface area (Å²) >= 11 is 1.59. The summed E-state index contributed by atoms with van der Waals surface area (Å²) < 4.78 is 0. The van der Waals surface area contributed by atoms with Crippen LogP contribution in [0.1, 0.15) is 29.9 Å². The number of aromatic nitrogens is 1. The lowest BCUT2D eigenvalue weighted by molar-refractivity contribution is 0.660. The molecular formula is C28H20N4S. The van der Waals surface area contributed by atoms with E-state index in [4.69, 9.17) is 16.8 Å². The van der Waals surface area contributed by atoms with Crippen LogP contribution in [0.2, 0.25) is 0 Å². The first-order chi connectivity index (χ1) is 16.0. The minimum atomic E-state index is -0.236. The maximum absolute atomic E-state index is 9.12. The molecule has 4 nitrogen and oxygen atoms in total. The highest BCUT2D eigenvalue weighted by Gasteiger charge is 2.39. The Morgan fingerprint density at radius 1 is 1.00 bits per heavy atom. The number of fused-ring (bicyclic) bond motifs is 3. The monoisotopic (exact) mass is 444 g/mol. The Labute approximate surface area is 197 Å². The molecule has 1 aliphatic carbocycles. The second-order valence-electron chi connectivity index (χ2n) is 8.37. The SMILES string of the molecule is [C-]#[N+]/C(C#N)=C\c1cc2c(s1)-c1ncc(N(c3ccccc3)c3ccccc3)cc1C2(C)C. The van der Waals surface area contributed by atoms with Crippen LogP contribution in [0.4, 0.5) is 17.1 Å². The molecule has 0 fully saturated rings. The van der Waals surface area contributed by atoms with Crippen molar-refractivity contribution in [3.63, 3.8) is 0 Å². The van der Waals surface area contributed by atoms with Gasteiger partial charge < -0.3 is 4.90 Å². The van der Waals surface area contributed by atoms with Crippen LogP contribution in [0.25, 0.3) is 21.5 Å². The quantitative estimate of drug-likeness (QED) is 0.239. The van der Waals surface area contributed by atoms with Gasteiger partial charge in [-0.1, -0.05) is 50.2 Å². The summed E-state index contributed by atoms with van der Waals surface area (Å²) in [6.45, 7) is 11.6. The summed E-state index contributed by atoms with van der Waals surface area (Å²) in [5.41, 5.74) is 6.36. The van der Waals surface area contributed by atoms with Crippen LogP contribution in [0, 0.1) is 17.9 Å². The Bertz CT molecular complexity index is 1400. The van der Waals surface area contributed by atoms with Crippen molar-refractivity contribution >= 4 is 34.5 Å². The zero-order valence-corrected chi connectivity index (χ0v) is 19.1. The van der Waals surface area contributed by atoms with E-state index in [0.29, 0.717) is 0 Å². The van der Waals surface area contributed by atoms with Crippen molar-refractivity contribution in [3.05, 3.63) is 112 Å². The maximum Gasteiger partial charge on any atom is 0.263 e. The van der Waals surface area contributed by atoms with E-state index in [-0.39, 0.29) is 11.1 Å². The highest BCUT2D eigenvalue weighted by Crippen LogP contribution is 2.53. The Morgan fingerprint density at radius 3 is 2.21 bits per heavy atom. The van der Waals surface area contributed by atoms with Crippen molar-refractivity contribution in [2.75, 3.05) is 4.90 Å². The summed E-state index contributed by atoms with van der Waals surface area (Å²) in [4.78, 5) is 12.5. The fraction of sp³-hybridized carbons (Fsp3) is 0.107. The van der Waals surface area contributed by atoms with Gasteiger partial charge in [-0.3, -0.25) is 4.98 Å². The van der Waals surface area contributed by atoms with Gasteiger partial charge in [0.05, 0.1) is 35.1 Å². The molecule has 0 atom stereocenters. The Balaban J connectivity index is 1.63. The topological polar surface area (TPSA) is 44.3 Å². The van der Waals surface area contributed by atoms with Gasteiger partial charge in [0.15, 0.2) is 0 Å². The number of nitriles is 1. The Morgan fingerprint density at radius 2 is 1.64 bits per heavy atom. The largest absolute Gasteiger partial charge is 0.309 e. The van der Waals surface area contributed by atoms with E-state index < -0.39 is 0 Å². The van der Waals surface area contributed by atoms with Crippen LogP contribution < -0.4 is 4.90 Å². The van der Waals surface area contributed by atoms with Gasteiger partial charge in [0.25, 0.3) is 5.70 Å². The van der Waals surface area contributed by atoms with Gasteiger partial charge in [0, 0.05) is 21.7 Å². The molecule has 0 saturated heterocycles. The van der Waals surface area contributed by atoms with Gasteiger partial charge in [-0.2, -0.15) is 0 Å². The van der Waals surface area contributed by atoms with E-state index in [1.54, 1.807) is 17.4 Å². The van der Waals surface area contributed by atoms with E-state index in [2.05, 4.69) is 60.0 Å². The number of thiophene rings is 1. The minimum absolute atomic E-state index is 0.0950. The van der Waals surface area contributed by atoms with Crippen molar-refractivity contribution in [3.8, 4) is 16.6 Å². The second kappa shape index (κ2) is 8.06. The van der Waals surface area contributed by atoms with Crippen LogP contribution in [-0.2, 0) is 5.41 Å². The fourth-order valence-electron chi connectivity index (χ4n) is 4.33. The van der Waals surface area contributed by atoms with Gasteiger partial charge >= 0.3 is 0 Å². The van der Waals surface area contributed by atoms with Gasteiger partial charge in [-0.15, -0.1) is 11.3 Å². The van der Waals surface area contributed by atoms with E-state index in [1.165, 1.54) is 11.1 Å². The molecule has 0 amide bonds. The number of hydrogen-bond donors (Lipinski definition) is 0. The van der Waals surface area contributed by atoms with Crippen LogP contribution in [0.5, 0.6) is 0 Å². The molecule has 2 heterocycles. The molecule has 0 unspecified atom stereocenters. The minimum Gasteiger partial charge on any atom is -0.309 e. The summed E-state index contributed by atoms with van der Waals surface area (Å²) in [6.07, 6.45) is 3.59. The third-order valence-electron chi connectivity index (χ3n) is 5.99. The molecule has 158 valence electrons. The molecule has 0 saturated carbocycles. The molecule has 0 bridgehead atoms. The highest BCUT2D eigenvalue weighted by atomic mass is 32.1. The predicted molar refractivity (Wildman–Crippen MR) is 135 cm³/mol. The second-order valence-corrected chi connectivity index (χ2v) is 9.45. The van der Waals surface area contributed by atoms with Crippen LogP contribution in [0.15, 0.2) is 84.7 Å². The van der Waals surface area contributed by atoms with Crippen molar-refractivity contribution < 1.29 is 0 Å². The lowest BCUT2D eigenvalue weighted by atomic mass is 9.83. The predicted octanol–water partition coefficient (Wildman–Crippen LogP) is 7.70. The summed E-state index contributed by atoms with van der Waals surface area (Å²) in [5, 5.41) is 9.12. The number of rotatable bonds is 4. The molecule has 1 aliphatic rings. The lowest BCUT2D eigenvalue weighted by Gasteiger charge is -2.27. The number of benzene rings is 2. The molecule has 0 N–H and O–H groups in total. The van der Waals surface area contributed by atoms with E-state index >= 15 is 0 Å². The average Bonchev–Trinajstić information content (AvgIpc) is 3.36. The first-order valence-electron chi connectivity index (χ1n) is 10.6. The van der Waals surface area contributed by atoms with E-state index in [1.807, 2.05) is 48.7 Å². The van der Waals surface area contributed by atoms with Gasteiger partial charge in [-0.05, 0) is 53.6 Å². The normalized spacial score (nSPS) is 13.5. The number of allylic oxidation sites excluding steroid dienone is 1. The molecule has 0 aliphatic heterocycles. The van der Waals surface area contributed by atoms with Crippen LogP contribution >= 0.6 is 11.3 Å². The first-order valence-corrected chi connectivity index (χ1v) is 11.4. The molecule has 2 aromatic carbocycles. The number of nitrogens with zero attached hydrogens (tertiary/aromatic N) is 4. The molecule has 0 radical (unpaired) electrons. The third-order valence-corrected chi connectivity index (χ3v) is 7.08.